The Bertz CT molecular complexity index is 1250. The van der Waals surface area contributed by atoms with Crippen molar-refractivity contribution in [2.45, 2.75) is 19.4 Å². The van der Waals surface area contributed by atoms with Gasteiger partial charge in [-0.3, -0.25) is 9.69 Å². The first-order valence-corrected chi connectivity index (χ1v) is 11.9. The second-order valence-corrected chi connectivity index (χ2v) is 8.77. The number of aromatic nitrogens is 3. The van der Waals surface area contributed by atoms with E-state index in [4.69, 9.17) is 9.84 Å². The Morgan fingerprint density at radius 3 is 2.43 bits per heavy atom. The van der Waals surface area contributed by atoms with Gasteiger partial charge in [0.05, 0.1) is 18.5 Å². The van der Waals surface area contributed by atoms with Gasteiger partial charge in [-0.05, 0) is 74.5 Å². The van der Waals surface area contributed by atoms with Crippen molar-refractivity contribution in [2.75, 3.05) is 25.5 Å². The molecule has 1 saturated heterocycles. The van der Waals surface area contributed by atoms with Gasteiger partial charge in [0, 0.05) is 36.0 Å². The molecule has 1 N–H and O–H groups in total. The molecular weight excluding hydrogens is 438 g/mol. The van der Waals surface area contributed by atoms with Crippen molar-refractivity contribution in [1.29, 1.82) is 0 Å². The number of anilines is 1. The van der Waals surface area contributed by atoms with E-state index >= 15 is 0 Å². The molecule has 2 aromatic heterocycles. The van der Waals surface area contributed by atoms with Crippen LogP contribution in [0.5, 0.6) is 5.75 Å². The molecule has 0 unspecified atom stereocenters. The number of nitrogens with one attached hydrogen (secondary N) is 1. The molecule has 0 saturated carbocycles. The lowest BCUT2D eigenvalue weighted by atomic mass is 9.95. The molecule has 0 radical (unpaired) electrons. The molecule has 0 bridgehead atoms. The Labute approximate surface area is 205 Å². The predicted molar refractivity (Wildman–Crippen MR) is 136 cm³/mol. The average molecular weight is 468 g/mol. The third kappa shape index (κ3) is 5.41. The van der Waals surface area contributed by atoms with E-state index in [-0.39, 0.29) is 11.8 Å². The smallest absolute Gasteiger partial charge is 0.228 e. The van der Waals surface area contributed by atoms with Crippen molar-refractivity contribution in [3.63, 3.8) is 0 Å². The summed E-state index contributed by atoms with van der Waals surface area (Å²) in [5.41, 5.74) is 4.21. The zero-order valence-electron chi connectivity index (χ0n) is 19.8. The minimum Gasteiger partial charge on any atom is -0.497 e. The third-order valence-corrected chi connectivity index (χ3v) is 6.44. The molecule has 1 amide bonds. The Morgan fingerprint density at radius 1 is 1.00 bits per heavy atom. The molecular formula is C28H29N5O2. The van der Waals surface area contributed by atoms with Crippen LogP contribution in [0, 0.1) is 5.92 Å². The second-order valence-electron chi connectivity index (χ2n) is 8.77. The van der Waals surface area contributed by atoms with Gasteiger partial charge in [-0.2, -0.15) is 5.10 Å². The number of carbonyl (C=O) groups excluding carboxylic acids is 1. The number of benzene rings is 2. The first-order valence-electron chi connectivity index (χ1n) is 11.9. The summed E-state index contributed by atoms with van der Waals surface area (Å²) in [6.07, 6.45) is 5.45. The van der Waals surface area contributed by atoms with Gasteiger partial charge in [0.1, 0.15) is 11.6 Å². The van der Waals surface area contributed by atoms with Crippen LogP contribution in [-0.4, -0.2) is 45.8 Å². The van der Waals surface area contributed by atoms with Crippen LogP contribution in [0.3, 0.4) is 0 Å². The molecule has 0 atom stereocenters. The Kier molecular flexibility index (Phi) is 6.86. The summed E-state index contributed by atoms with van der Waals surface area (Å²) < 4.78 is 7.27. The van der Waals surface area contributed by atoms with Gasteiger partial charge in [0.25, 0.3) is 0 Å². The molecule has 0 spiro atoms. The molecule has 7 heteroatoms. The van der Waals surface area contributed by atoms with Crippen molar-refractivity contribution < 1.29 is 9.53 Å². The van der Waals surface area contributed by atoms with Crippen molar-refractivity contribution in [1.82, 2.24) is 19.7 Å². The molecule has 1 fully saturated rings. The van der Waals surface area contributed by atoms with Crippen molar-refractivity contribution in [2.24, 2.45) is 5.92 Å². The maximum Gasteiger partial charge on any atom is 0.228 e. The highest BCUT2D eigenvalue weighted by atomic mass is 16.5. The minimum absolute atomic E-state index is 0.00126. The minimum atomic E-state index is 0.00126. The fraction of sp³-hybridized carbons (Fsp3) is 0.250. The number of piperidine rings is 1. The van der Waals surface area contributed by atoms with E-state index < -0.39 is 0 Å². The summed E-state index contributed by atoms with van der Waals surface area (Å²) >= 11 is 0. The summed E-state index contributed by atoms with van der Waals surface area (Å²) in [6, 6.07) is 23.7. The maximum absolute atomic E-state index is 12.7. The van der Waals surface area contributed by atoms with Crippen molar-refractivity contribution in [3.05, 3.63) is 90.8 Å². The molecule has 1 aliphatic heterocycles. The van der Waals surface area contributed by atoms with Gasteiger partial charge in [0.15, 0.2) is 0 Å². The zero-order valence-corrected chi connectivity index (χ0v) is 19.8. The van der Waals surface area contributed by atoms with Crippen LogP contribution in [0.4, 0.5) is 5.82 Å². The van der Waals surface area contributed by atoms with E-state index in [1.165, 1.54) is 0 Å². The number of pyridine rings is 1. The third-order valence-electron chi connectivity index (χ3n) is 6.44. The highest BCUT2D eigenvalue weighted by Gasteiger charge is 2.26. The molecule has 178 valence electrons. The summed E-state index contributed by atoms with van der Waals surface area (Å²) in [4.78, 5) is 19.3. The van der Waals surface area contributed by atoms with Crippen LogP contribution in [0.25, 0.3) is 16.9 Å². The number of rotatable bonds is 7. The Hall–Kier alpha value is -3.97. The van der Waals surface area contributed by atoms with E-state index in [0.29, 0.717) is 5.82 Å². The highest BCUT2D eigenvalue weighted by molar-refractivity contribution is 5.91. The average Bonchev–Trinajstić information content (AvgIpc) is 3.34. The molecule has 35 heavy (non-hydrogen) atoms. The molecule has 0 aliphatic carbocycles. The summed E-state index contributed by atoms with van der Waals surface area (Å²) in [7, 11) is 1.67. The molecule has 7 nitrogen and oxygen atoms in total. The van der Waals surface area contributed by atoms with Gasteiger partial charge in [-0.25, -0.2) is 9.67 Å². The fourth-order valence-electron chi connectivity index (χ4n) is 4.49. The monoisotopic (exact) mass is 467 g/mol. The molecule has 2 aromatic carbocycles. The number of hydrogen-bond donors (Lipinski definition) is 1. The van der Waals surface area contributed by atoms with Gasteiger partial charge < -0.3 is 10.1 Å². The normalized spacial score (nSPS) is 14.5. The first kappa shape index (κ1) is 22.8. The second kappa shape index (κ2) is 10.5. The van der Waals surface area contributed by atoms with E-state index in [0.717, 1.165) is 60.7 Å². The summed E-state index contributed by atoms with van der Waals surface area (Å²) in [5, 5.41) is 7.89. The maximum atomic E-state index is 12.7. The van der Waals surface area contributed by atoms with E-state index in [9.17, 15) is 4.79 Å². The van der Waals surface area contributed by atoms with E-state index in [1.54, 1.807) is 13.3 Å². The fourth-order valence-corrected chi connectivity index (χ4v) is 4.49. The Balaban J connectivity index is 1.30. The predicted octanol–water partition coefficient (Wildman–Crippen LogP) is 4.79. The number of amides is 1. The topological polar surface area (TPSA) is 72.3 Å². The van der Waals surface area contributed by atoms with E-state index in [1.807, 2.05) is 65.3 Å². The standard InChI is InChI=1S/C28H29N5O2/c1-35-25-12-10-21(11-13-25)27-23(20-33(31-27)24-7-3-2-4-8-24)19-32-17-14-22(15-18-32)28(34)30-26-9-5-6-16-29-26/h2-13,16,20,22H,14-15,17-19H2,1H3,(H,29,30,34). The number of ether oxygens (including phenoxy) is 1. The first-order chi connectivity index (χ1) is 17.2. The van der Waals surface area contributed by atoms with Crippen LogP contribution in [0.1, 0.15) is 18.4 Å². The number of carbonyl (C=O) groups is 1. The quantitative estimate of drug-likeness (QED) is 0.423. The number of para-hydroxylation sites is 1. The number of hydrogen-bond acceptors (Lipinski definition) is 5. The zero-order chi connectivity index (χ0) is 24.0. The number of nitrogens with zero attached hydrogens (tertiary/aromatic N) is 4. The van der Waals surface area contributed by atoms with Crippen LogP contribution in [0.2, 0.25) is 0 Å². The van der Waals surface area contributed by atoms with E-state index in [2.05, 4.69) is 33.5 Å². The van der Waals surface area contributed by atoms with Crippen LogP contribution in [0.15, 0.2) is 85.2 Å². The molecule has 1 aliphatic rings. The van der Waals surface area contributed by atoms with Crippen LogP contribution < -0.4 is 10.1 Å². The summed E-state index contributed by atoms with van der Waals surface area (Å²) in [6.45, 7) is 2.50. The largest absolute Gasteiger partial charge is 0.497 e. The van der Waals surface area contributed by atoms with Crippen LogP contribution in [-0.2, 0) is 11.3 Å². The Morgan fingerprint density at radius 2 is 1.74 bits per heavy atom. The van der Waals surface area contributed by atoms with Crippen LogP contribution >= 0.6 is 0 Å². The lowest BCUT2D eigenvalue weighted by Gasteiger charge is -2.31. The van der Waals surface area contributed by atoms with Crippen molar-refractivity contribution >= 4 is 11.7 Å². The number of methoxy groups -OCH3 is 1. The summed E-state index contributed by atoms with van der Waals surface area (Å²) in [5.74, 6) is 1.49. The molecule has 3 heterocycles. The molecule has 5 rings (SSSR count). The lowest BCUT2D eigenvalue weighted by molar-refractivity contribution is -0.121. The molecule has 4 aromatic rings. The highest BCUT2D eigenvalue weighted by Crippen LogP contribution is 2.28. The van der Waals surface area contributed by atoms with Gasteiger partial charge in [0.2, 0.25) is 5.91 Å². The van der Waals surface area contributed by atoms with Gasteiger partial charge in [-0.15, -0.1) is 0 Å². The van der Waals surface area contributed by atoms with Gasteiger partial charge >= 0.3 is 0 Å². The lowest BCUT2D eigenvalue weighted by Crippen LogP contribution is -2.37. The number of likely N-dealkylation sites (tertiary alicyclic amines) is 1. The van der Waals surface area contributed by atoms with Gasteiger partial charge in [-0.1, -0.05) is 24.3 Å². The van der Waals surface area contributed by atoms with Crippen molar-refractivity contribution in [3.8, 4) is 22.7 Å². The SMILES string of the molecule is COc1ccc(-c2nn(-c3ccccc3)cc2CN2CCC(C(=O)Nc3ccccn3)CC2)cc1.